The topological polar surface area (TPSA) is 80.4 Å². The van der Waals surface area contributed by atoms with Crippen molar-refractivity contribution in [2.24, 2.45) is 17.0 Å². The molecule has 1 fully saturated rings. The Morgan fingerprint density at radius 2 is 2.19 bits per heavy atom. The van der Waals surface area contributed by atoms with Crippen LogP contribution in [0.5, 0.6) is 0 Å². The molecule has 1 aliphatic rings. The molecule has 0 saturated heterocycles. The summed E-state index contributed by atoms with van der Waals surface area (Å²) in [6.45, 7) is 5.61. The van der Waals surface area contributed by atoms with E-state index in [0.29, 0.717) is 0 Å². The maximum absolute atomic E-state index is 11.1. The second kappa shape index (κ2) is 4.95. The van der Waals surface area contributed by atoms with Crippen LogP contribution < -0.4 is 5.14 Å². The van der Waals surface area contributed by atoms with Crippen LogP contribution in [0, 0.1) is 11.8 Å². The first-order valence-corrected chi connectivity index (χ1v) is 6.61. The maximum Gasteiger partial charge on any atom is 0.237 e. The first-order valence-electron chi connectivity index (χ1n) is 5.07. The number of allylic oxidation sites excluding steroid dienone is 4. The van der Waals surface area contributed by atoms with Crippen LogP contribution >= 0.6 is 0 Å². The van der Waals surface area contributed by atoms with E-state index in [2.05, 4.69) is 6.58 Å². The van der Waals surface area contributed by atoms with E-state index in [9.17, 15) is 8.42 Å². The van der Waals surface area contributed by atoms with E-state index in [1.807, 2.05) is 0 Å². The molecule has 90 valence electrons. The van der Waals surface area contributed by atoms with Gasteiger partial charge in [0.25, 0.3) is 0 Å². The standard InChI is InChI=1S/C11H17NO3S/c1-3-10(16(12,14)15)5-4-8(2)11-6-9(11)7-13/h3-5,9,11,13H,2,6-7H2,1H3,(H2,12,14,15)/b5-4-,10-3+/t9-,11+/m0/s1. The van der Waals surface area contributed by atoms with Gasteiger partial charge < -0.3 is 5.11 Å². The molecule has 0 unspecified atom stereocenters. The fourth-order valence-electron chi connectivity index (χ4n) is 1.57. The Labute approximate surface area is 96.2 Å². The van der Waals surface area contributed by atoms with E-state index in [-0.39, 0.29) is 23.3 Å². The number of rotatable bonds is 5. The van der Waals surface area contributed by atoms with E-state index < -0.39 is 10.0 Å². The average Bonchev–Trinajstić information content (AvgIpc) is 2.95. The minimum absolute atomic E-state index is 0.0786. The molecule has 2 atom stereocenters. The maximum atomic E-state index is 11.1. The Morgan fingerprint density at radius 3 is 2.56 bits per heavy atom. The van der Waals surface area contributed by atoms with Gasteiger partial charge in [-0.15, -0.1) is 0 Å². The zero-order chi connectivity index (χ0) is 12.3. The SMILES string of the molecule is C=C(/C=C\C(=C/C)S(N)(=O)=O)[C@H]1C[C@H]1CO. The van der Waals surface area contributed by atoms with Crippen molar-refractivity contribution in [3.63, 3.8) is 0 Å². The van der Waals surface area contributed by atoms with Crippen molar-refractivity contribution in [1.82, 2.24) is 0 Å². The van der Waals surface area contributed by atoms with E-state index in [4.69, 9.17) is 10.2 Å². The fourth-order valence-corrected chi connectivity index (χ4v) is 2.16. The number of nitrogens with two attached hydrogens (primary N) is 1. The number of aliphatic hydroxyl groups excluding tert-OH is 1. The van der Waals surface area contributed by atoms with Crippen LogP contribution in [0.4, 0.5) is 0 Å². The third-order valence-corrected chi connectivity index (χ3v) is 3.74. The molecule has 0 heterocycles. The van der Waals surface area contributed by atoms with Crippen molar-refractivity contribution in [2.45, 2.75) is 13.3 Å². The monoisotopic (exact) mass is 243 g/mol. The molecule has 0 spiro atoms. The molecule has 0 radical (unpaired) electrons. The molecular weight excluding hydrogens is 226 g/mol. The highest BCUT2D eigenvalue weighted by Crippen LogP contribution is 2.43. The predicted octanol–water partition coefficient (Wildman–Crippen LogP) is 0.919. The van der Waals surface area contributed by atoms with Crippen LogP contribution in [-0.2, 0) is 10.0 Å². The van der Waals surface area contributed by atoms with Crippen LogP contribution in [-0.4, -0.2) is 20.1 Å². The minimum Gasteiger partial charge on any atom is -0.396 e. The number of aliphatic hydroxyl groups is 1. The number of hydrogen-bond acceptors (Lipinski definition) is 3. The molecule has 0 aromatic rings. The average molecular weight is 243 g/mol. The highest BCUT2D eigenvalue weighted by atomic mass is 32.2. The molecule has 0 aliphatic heterocycles. The van der Waals surface area contributed by atoms with Gasteiger partial charge in [-0.3, -0.25) is 0 Å². The van der Waals surface area contributed by atoms with E-state index >= 15 is 0 Å². The molecule has 16 heavy (non-hydrogen) atoms. The zero-order valence-corrected chi connectivity index (χ0v) is 10.1. The summed E-state index contributed by atoms with van der Waals surface area (Å²) >= 11 is 0. The molecule has 1 rings (SSSR count). The van der Waals surface area contributed by atoms with Gasteiger partial charge in [-0.1, -0.05) is 24.3 Å². The largest absolute Gasteiger partial charge is 0.396 e. The second-order valence-electron chi connectivity index (χ2n) is 3.93. The summed E-state index contributed by atoms with van der Waals surface area (Å²) in [5.41, 5.74) is 0.835. The van der Waals surface area contributed by atoms with Gasteiger partial charge in [0.15, 0.2) is 0 Å². The summed E-state index contributed by atoms with van der Waals surface area (Å²) in [6, 6.07) is 0. The van der Waals surface area contributed by atoms with Crippen molar-refractivity contribution in [3.8, 4) is 0 Å². The first-order chi connectivity index (χ1) is 7.40. The number of hydrogen-bond donors (Lipinski definition) is 2. The lowest BCUT2D eigenvalue weighted by molar-refractivity contribution is 0.272. The van der Waals surface area contributed by atoms with Gasteiger partial charge in [-0.05, 0) is 31.3 Å². The third-order valence-electron chi connectivity index (χ3n) is 2.71. The third kappa shape index (κ3) is 3.30. The normalized spacial score (nSPS) is 26.1. The van der Waals surface area contributed by atoms with Gasteiger partial charge in [0, 0.05) is 6.61 Å². The second-order valence-corrected chi connectivity index (χ2v) is 5.49. The van der Waals surface area contributed by atoms with Crippen molar-refractivity contribution in [2.75, 3.05) is 6.61 Å². The van der Waals surface area contributed by atoms with Crippen molar-refractivity contribution in [1.29, 1.82) is 0 Å². The quantitative estimate of drug-likeness (QED) is 0.705. The van der Waals surface area contributed by atoms with Gasteiger partial charge in [0.2, 0.25) is 10.0 Å². The molecule has 5 heteroatoms. The molecule has 0 aromatic carbocycles. The highest BCUT2D eigenvalue weighted by molar-refractivity contribution is 7.93. The van der Waals surface area contributed by atoms with Gasteiger partial charge in [-0.2, -0.15) is 0 Å². The lowest BCUT2D eigenvalue weighted by atomic mass is 10.1. The molecule has 0 amide bonds. The zero-order valence-electron chi connectivity index (χ0n) is 9.26. The molecular formula is C11H17NO3S. The molecule has 1 aliphatic carbocycles. The molecule has 3 N–H and O–H groups in total. The van der Waals surface area contributed by atoms with Gasteiger partial charge in [0.05, 0.1) is 4.91 Å². The van der Waals surface area contributed by atoms with Crippen molar-refractivity contribution in [3.05, 3.63) is 35.3 Å². The summed E-state index contributed by atoms with van der Waals surface area (Å²) in [4.78, 5) is 0.0786. The summed E-state index contributed by atoms with van der Waals surface area (Å²) in [5.74, 6) is 0.556. The van der Waals surface area contributed by atoms with Gasteiger partial charge in [-0.25, -0.2) is 13.6 Å². The van der Waals surface area contributed by atoms with Crippen LogP contribution in [0.15, 0.2) is 35.3 Å². The van der Waals surface area contributed by atoms with Crippen LogP contribution in [0.1, 0.15) is 13.3 Å². The summed E-state index contributed by atoms with van der Waals surface area (Å²) in [5, 5.41) is 13.9. The summed E-state index contributed by atoms with van der Waals surface area (Å²) in [6.07, 6.45) is 5.46. The molecule has 1 saturated carbocycles. The highest BCUT2D eigenvalue weighted by Gasteiger charge is 2.37. The molecule has 0 aromatic heterocycles. The Kier molecular flexibility index (Phi) is 4.07. The van der Waals surface area contributed by atoms with Crippen molar-refractivity contribution < 1.29 is 13.5 Å². The van der Waals surface area contributed by atoms with E-state index in [1.165, 1.54) is 12.2 Å². The van der Waals surface area contributed by atoms with Crippen LogP contribution in [0.2, 0.25) is 0 Å². The summed E-state index contributed by atoms with van der Waals surface area (Å²) < 4.78 is 22.1. The molecule has 4 nitrogen and oxygen atoms in total. The lowest BCUT2D eigenvalue weighted by Crippen LogP contribution is -2.13. The first kappa shape index (κ1) is 13.2. The number of primary sulfonamides is 1. The Bertz CT molecular complexity index is 434. The molecule has 0 bridgehead atoms. The Morgan fingerprint density at radius 1 is 1.56 bits per heavy atom. The Hall–Kier alpha value is -0.910. The fraction of sp³-hybridized carbons (Fsp3) is 0.455. The predicted molar refractivity (Wildman–Crippen MR) is 63.8 cm³/mol. The lowest BCUT2D eigenvalue weighted by Gasteiger charge is -1.99. The minimum atomic E-state index is -3.65. The Balaban J connectivity index is 2.64. The van der Waals surface area contributed by atoms with Gasteiger partial charge in [0.1, 0.15) is 0 Å². The van der Waals surface area contributed by atoms with Crippen LogP contribution in [0.25, 0.3) is 0 Å². The number of sulfonamides is 1. The smallest absolute Gasteiger partial charge is 0.237 e. The van der Waals surface area contributed by atoms with Gasteiger partial charge >= 0.3 is 0 Å². The van der Waals surface area contributed by atoms with E-state index in [1.54, 1.807) is 13.0 Å². The van der Waals surface area contributed by atoms with Crippen molar-refractivity contribution >= 4 is 10.0 Å². The van der Waals surface area contributed by atoms with Crippen LogP contribution in [0.3, 0.4) is 0 Å². The summed E-state index contributed by atoms with van der Waals surface area (Å²) in [7, 11) is -3.65. The van der Waals surface area contributed by atoms with E-state index in [0.717, 1.165) is 12.0 Å².